The lowest BCUT2D eigenvalue weighted by molar-refractivity contribution is -0.127. The number of benzene rings is 1. The summed E-state index contributed by atoms with van der Waals surface area (Å²) in [7, 11) is 0. The summed E-state index contributed by atoms with van der Waals surface area (Å²) in [5.74, 6) is 0.0552. The minimum Gasteiger partial charge on any atom is -0.479 e. The third-order valence-electron chi connectivity index (χ3n) is 2.98. The molecule has 1 atom stereocenters. The van der Waals surface area contributed by atoms with Gasteiger partial charge in [-0.15, -0.1) is 0 Å². The SMILES string of the molecule is C[C@@H](Oc1ccc(Cl)cc1Cl)C(=O)NCCn1ncccc1=O. The van der Waals surface area contributed by atoms with Crippen LogP contribution < -0.4 is 15.6 Å². The summed E-state index contributed by atoms with van der Waals surface area (Å²) in [5.41, 5.74) is -0.223. The van der Waals surface area contributed by atoms with Gasteiger partial charge in [-0.3, -0.25) is 9.59 Å². The molecule has 0 spiro atoms. The summed E-state index contributed by atoms with van der Waals surface area (Å²) in [4.78, 5) is 23.5. The van der Waals surface area contributed by atoms with E-state index in [9.17, 15) is 9.59 Å². The molecule has 2 aromatic rings. The third kappa shape index (κ3) is 4.97. The Labute approximate surface area is 143 Å². The number of hydrogen-bond acceptors (Lipinski definition) is 4. The number of rotatable bonds is 6. The van der Waals surface area contributed by atoms with Gasteiger partial charge in [0.15, 0.2) is 6.10 Å². The number of carbonyl (C=O) groups is 1. The van der Waals surface area contributed by atoms with Crippen LogP contribution >= 0.6 is 23.2 Å². The van der Waals surface area contributed by atoms with Crippen LogP contribution in [-0.2, 0) is 11.3 Å². The van der Waals surface area contributed by atoms with Gasteiger partial charge in [-0.25, -0.2) is 4.68 Å². The largest absolute Gasteiger partial charge is 0.479 e. The summed E-state index contributed by atoms with van der Waals surface area (Å²) in [6.45, 7) is 2.14. The molecule has 0 aliphatic rings. The molecule has 2 rings (SSSR count). The van der Waals surface area contributed by atoms with Crippen molar-refractivity contribution in [1.82, 2.24) is 15.1 Å². The number of hydrogen-bond donors (Lipinski definition) is 1. The minimum atomic E-state index is -0.742. The normalized spacial score (nSPS) is 11.8. The minimum absolute atomic E-state index is 0.223. The molecule has 1 aromatic carbocycles. The topological polar surface area (TPSA) is 73.2 Å². The van der Waals surface area contributed by atoms with E-state index in [-0.39, 0.29) is 24.6 Å². The number of aromatic nitrogens is 2. The molecular formula is C15H15Cl2N3O3. The molecule has 8 heteroatoms. The first-order chi connectivity index (χ1) is 11.0. The fourth-order valence-electron chi connectivity index (χ4n) is 1.80. The average Bonchev–Trinajstić information content (AvgIpc) is 2.51. The van der Waals surface area contributed by atoms with Crippen LogP contribution in [0.2, 0.25) is 10.0 Å². The van der Waals surface area contributed by atoms with Crippen molar-refractivity contribution in [2.45, 2.75) is 19.6 Å². The van der Waals surface area contributed by atoms with Gasteiger partial charge >= 0.3 is 0 Å². The van der Waals surface area contributed by atoms with Gasteiger partial charge in [-0.2, -0.15) is 5.10 Å². The second-order valence-corrected chi connectivity index (χ2v) is 5.55. The van der Waals surface area contributed by atoms with Crippen molar-refractivity contribution in [3.63, 3.8) is 0 Å². The van der Waals surface area contributed by atoms with Crippen LogP contribution in [0.25, 0.3) is 0 Å². The molecule has 1 amide bonds. The molecule has 6 nitrogen and oxygen atoms in total. The molecule has 23 heavy (non-hydrogen) atoms. The number of ether oxygens (including phenoxy) is 1. The first-order valence-electron chi connectivity index (χ1n) is 6.89. The predicted octanol–water partition coefficient (Wildman–Crippen LogP) is 2.13. The van der Waals surface area contributed by atoms with Gasteiger partial charge in [0, 0.05) is 23.8 Å². The monoisotopic (exact) mass is 355 g/mol. The average molecular weight is 356 g/mol. The summed E-state index contributed by atoms with van der Waals surface area (Å²) in [6.07, 6.45) is 0.770. The first-order valence-corrected chi connectivity index (χ1v) is 7.64. The van der Waals surface area contributed by atoms with Crippen LogP contribution in [0.1, 0.15) is 6.92 Å². The molecule has 0 aliphatic heterocycles. The molecule has 0 bridgehead atoms. The standard InChI is InChI=1S/C15H15Cl2N3O3/c1-10(23-13-5-4-11(16)9-12(13)17)15(22)18-7-8-20-14(21)3-2-6-19-20/h2-6,9-10H,7-8H2,1H3,(H,18,22)/t10-/m1/s1. The maximum absolute atomic E-state index is 12.0. The van der Waals surface area contributed by atoms with E-state index in [4.69, 9.17) is 27.9 Å². The molecule has 0 aliphatic carbocycles. The molecule has 122 valence electrons. The van der Waals surface area contributed by atoms with Crippen LogP contribution in [0, 0.1) is 0 Å². The third-order valence-corrected chi connectivity index (χ3v) is 3.51. The van der Waals surface area contributed by atoms with E-state index in [1.54, 1.807) is 25.1 Å². The predicted molar refractivity (Wildman–Crippen MR) is 88.1 cm³/mol. The van der Waals surface area contributed by atoms with Gasteiger partial charge in [0.05, 0.1) is 11.6 Å². The van der Waals surface area contributed by atoms with E-state index in [0.29, 0.717) is 15.8 Å². The first kappa shape index (κ1) is 17.3. The van der Waals surface area contributed by atoms with Crippen molar-refractivity contribution in [3.05, 3.63) is 56.9 Å². The summed E-state index contributed by atoms with van der Waals surface area (Å²) in [5, 5.41) is 7.39. The lowest BCUT2D eigenvalue weighted by atomic mass is 10.3. The molecule has 1 aromatic heterocycles. The summed E-state index contributed by atoms with van der Waals surface area (Å²) < 4.78 is 6.77. The van der Waals surface area contributed by atoms with Gasteiger partial charge in [0.2, 0.25) is 0 Å². The van der Waals surface area contributed by atoms with E-state index in [2.05, 4.69) is 10.4 Å². The zero-order valence-electron chi connectivity index (χ0n) is 12.3. The Balaban J connectivity index is 1.85. The van der Waals surface area contributed by atoms with E-state index in [0.717, 1.165) is 0 Å². The highest BCUT2D eigenvalue weighted by atomic mass is 35.5. The quantitative estimate of drug-likeness (QED) is 0.861. The Kier molecular flexibility index (Phi) is 6.01. The number of amides is 1. The van der Waals surface area contributed by atoms with Crippen LogP contribution in [-0.4, -0.2) is 28.3 Å². The second kappa shape index (κ2) is 7.99. The zero-order chi connectivity index (χ0) is 16.8. The van der Waals surface area contributed by atoms with Crippen LogP contribution in [0.5, 0.6) is 5.75 Å². The van der Waals surface area contributed by atoms with Crippen molar-refractivity contribution in [2.75, 3.05) is 6.54 Å². The van der Waals surface area contributed by atoms with Crippen molar-refractivity contribution in [2.24, 2.45) is 0 Å². The van der Waals surface area contributed by atoms with Gasteiger partial charge in [0.1, 0.15) is 5.75 Å². The van der Waals surface area contributed by atoms with Gasteiger partial charge < -0.3 is 10.1 Å². The fraction of sp³-hybridized carbons (Fsp3) is 0.267. The Morgan fingerprint density at radius 3 is 2.87 bits per heavy atom. The highest BCUT2D eigenvalue weighted by molar-refractivity contribution is 6.35. The number of nitrogens with zero attached hydrogens (tertiary/aromatic N) is 2. The van der Waals surface area contributed by atoms with Crippen molar-refractivity contribution in [3.8, 4) is 5.75 Å². The lowest BCUT2D eigenvalue weighted by Gasteiger charge is -2.15. The van der Waals surface area contributed by atoms with E-state index >= 15 is 0 Å². The molecule has 0 unspecified atom stereocenters. The number of nitrogens with one attached hydrogen (secondary N) is 1. The number of halogens is 2. The molecule has 1 heterocycles. The molecule has 0 radical (unpaired) electrons. The van der Waals surface area contributed by atoms with Gasteiger partial charge in [0.25, 0.3) is 11.5 Å². The summed E-state index contributed by atoms with van der Waals surface area (Å²) >= 11 is 11.8. The van der Waals surface area contributed by atoms with Crippen LogP contribution in [0.3, 0.4) is 0 Å². The highest BCUT2D eigenvalue weighted by Crippen LogP contribution is 2.28. The molecule has 0 fully saturated rings. The van der Waals surface area contributed by atoms with Crippen molar-refractivity contribution >= 4 is 29.1 Å². The second-order valence-electron chi connectivity index (χ2n) is 4.71. The van der Waals surface area contributed by atoms with Crippen molar-refractivity contribution in [1.29, 1.82) is 0 Å². The Morgan fingerprint density at radius 1 is 1.39 bits per heavy atom. The molecule has 0 saturated carbocycles. The van der Waals surface area contributed by atoms with E-state index in [1.165, 1.54) is 23.0 Å². The van der Waals surface area contributed by atoms with E-state index in [1.807, 2.05) is 0 Å². The van der Waals surface area contributed by atoms with Crippen LogP contribution in [0.15, 0.2) is 41.3 Å². The highest BCUT2D eigenvalue weighted by Gasteiger charge is 2.15. The van der Waals surface area contributed by atoms with Crippen LogP contribution in [0.4, 0.5) is 0 Å². The lowest BCUT2D eigenvalue weighted by Crippen LogP contribution is -2.39. The molecular weight excluding hydrogens is 341 g/mol. The Hall–Kier alpha value is -2.05. The van der Waals surface area contributed by atoms with Gasteiger partial charge in [-0.05, 0) is 31.2 Å². The smallest absolute Gasteiger partial charge is 0.266 e. The number of carbonyl (C=O) groups excluding carboxylic acids is 1. The van der Waals surface area contributed by atoms with E-state index < -0.39 is 6.10 Å². The zero-order valence-corrected chi connectivity index (χ0v) is 13.8. The Morgan fingerprint density at radius 2 is 2.17 bits per heavy atom. The molecule has 0 saturated heterocycles. The molecule has 1 N–H and O–H groups in total. The van der Waals surface area contributed by atoms with Gasteiger partial charge in [-0.1, -0.05) is 23.2 Å². The maximum Gasteiger partial charge on any atom is 0.266 e. The van der Waals surface area contributed by atoms with Crippen molar-refractivity contribution < 1.29 is 9.53 Å². The summed E-state index contributed by atoms with van der Waals surface area (Å²) in [6, 6.07) is 7.73. The maximum atomic E-state index is 12.0. The Bertz CT molecular complexity index is 749. The fourth-order valence-corrected chi connectivity index (χ4v) is 2.25.